The van der Waals surface area contributed by atoms with Crippen LogP contribution in [-0.2, 0) is 16.0 Å². The molecule has 6 nitrogen and oxygen atoms in total. The molecule has 1 aliphatic carbocycles. The van der Waals surface area contributed by atoms with Crippen LogP contribution in [0.5, 0.6) is 11.5 Å². The molecule has 6 heteroatoms. The van der Waals surface area contributed by atoms with Crippen LogP contribution in [0.25, 0.3) is 0 Å². The molecule has 2 heterocycles. The normalized spacial score (nSPS) is 24.0. The smallest absolute Gasteiger partial charge is 0.229 e. The maximum absolute atomic E-state index is 12.5. The molecule has 27 heavy (non-hydrogen) atoms. The van der Waals surface area contributed by atoms with Crippen LogP contribution < -0.4 is 14.8 Å². The number of methoxy groups -OCH3 is 1. The Morgan fingerprint density at radius 1 is 1.22 bits per heavy atom. The lowest BCUT2D eigenvalue weighted by molar-refractivity contribution is -0.153. The summed E-state index contributed by atoms with van der Waals surface area (Å²) in [6, 6.07) is 5.97. The second-order valence-corrected chi connectivity index (χ2v) is 8.10. The lowest BCUT2D eigenvalue weighted by Crippen LogP contribution is -2.50. The zero-order valence-corrected chi connectivity index (χ0v) is 16.0. The lowest BCUT2D eigenvalue weighted by atomic mass is 9.76. The summed E-state index contributed by atoms with van der Waals surface area (Å²) >= 11 is 0. The van der Waals surface area contributed by atoms with Gasteiger partial charge in [-0.2, -0.15) is 0 Å². The highest BCUT2D eigenvalue weighted by atomic mass is 16.5. The Bertz CT molecular complexity index is 693. The Morgan fingerprint density at radius 2 is 1.96 bits per heavy atom. The first-order chi connectivity index (χ1) is 13.1. The highest BCUT2D eigenvalue weighted by molar-refractivity contribution is 5.98. The summed E-state index contributed by atoms with van der Waals surface area (Å²) < 4.78 is 11.3. The van der Waals surface area contributed by atoms with E-state index in [0.717, 1.165) is 49.2 Å². The first-order valence-electron chi connectivity index (χ1n) is 9.95. The summed E-state index contributed by atoms with van der Waals surface area (Å²) in [7, 11) is 1.66. The number of carbonyl (C=O) groups excluding carboxylic acids is 2. The Balaban J connectivity index is 1.30. The third-order valence-electron chi connectivity index (χ3n) is 6.29. The van der Waals surface area contributed by atoms with Gasteiger partial charge in [0.15, 0.2) is 0 Å². The Kier molecular flexibility index (Phi) is 5.08. The van der Waals surface area contributed by atoms with Gasteiger partial charge in [-0.25, -0.2) is 0 Å². The molecule has 0 radical (unpaired) electrons. The van der Waals surface area contributed by atoms with E-state index >= 15 is 0 Å². The maximum Gasteiger partial charge on any atom is 0.229 e. The van der Waals surface area contributed by atoms with E-state index in [-0.39, 0.29) is 23.3 Å². The van der Waals surface area contributed by atoms with E-state index in [0.29, 0.717) is 32.5 Å². The number of ether oxygens (including phenoxy) is 2. The fourth-order valence-corrected chi connectivity index (χ4v) is 4.84. The van der Waals surface area contributed by atoms with Crippen molar-refractivity contribution in [3.05, 3.63) is 23.8 Å². The number of piperidine rings is 1. The lowest BCUT2D eigenvalue weighted by Gasteiger charge is -2.37. The third kappa shape index (κ3) is 3.68. The van der Waals surface area contributed by atoms with Gasteiger partial charge in [0, 0.05) is 37.5 Å². The van der Waals surface area contributed by atoms with Gasteiger partial charge in [-0.05, 0) is 36.8 Å². The van der Waals surface area contributed by atoms with Crippen molar-refractivity contribution in [2.75, 3.05) is 26.8 Å². The monoisotopic (exact) mass is 372 g/mol. The van der Waals surface area contributed by atoms with Crippen molar-refractivity contribution < 1.29 is 19.1 Å². The highest BCUT2D eigenvalue weighted by Gasteiger charge is 2.44. The molecule has 2 amide bonds. The molecule has 146 valence electrons. The molecule has 2 aliphatic heterocycles. The van der Waals surface area contributed by atoms with Gasteiger partial charge in [0.2, 0.25) is 11.8 Å². The second-order valence-electron chi connectivity index (χ2n) is 8.10. The zero-order valence-electron chi connectivity index (χ0n) is 16.0. The minimum Gasteiger partial charge on any atom is -0.496 e. The molecule has 1 spiro atoms. The predicted octanol–water partition coefficient (Wildman–Crippen LogP) is 2.30. The minimum absolute atomic E-state index is 0.00172. The molecule has 4 rings (SSSR count). The fraction of sp³-hybridized carbons (Fsp3) is 0.619. The summed E-state index contributed by atoms with van der Waals surface area (Å²) in [6.45, 7) is 1.59. The van der Waals surface area contributed by atoms with E-state index in [1.54, 1.807) is 7.11 Å². The van der Waals surface area contributed by atoms with E-state index in [2.05, 4.69) is 5.32 Å². The average Bonchev–Trinajstić information content (AvgIpc) is 3.10. The topological polar surface area (TPSA) is 67.9 Å². The van der Waals surface area contributed by atoms with E-state index in [1.165, 1.54) is 4.90 Å². The van der Waals surface area contributed by atoms with Gasteiger partial charge in [0.1, 0.15) is 18.1 Å². The Hall–Kier alpha value is -2.08. The average molecular weight is 372 g/mol. The molecule has 1 N–H and O–H groups in total. The van der Waals surface area contributed by atoms with E-state index in [9.17, 15) is 9.59 Å². The van der Waals surface area contributed by atoms with Crippen LogP contribution in [0, 0.1) is 5.41 Å². The van der Waals surface area contributed by atoms with Crippen molar-refractivity contribution in [1.29, 1.82) is 0 Å². The van der Waals surface area contributed by atoms with Gasteiger partial charge >= 0.3 is 0 Å². The van der Waals surface area contributed by atoms with E-state index in [1.807, 2.05) is 18.2 Å². The Morgan fingerprint density at radius 3 is 2.67 bits per heavy atom. The fourth-order valence-electron chi connectivity index (χ4n) is 4.84. The maximum atomic E-state index is 12.5. The molecule has 0 bridgehead atoms. The SMILES string of the molecule is COc1cccc2c1CC(NCCN1C(=O)CC3(CCCC3)CC1=O)CO2. The van der Waals surface area contributed by atoms with Crippen LogP contribution in [0.1, 0.15) is 44.1 Å². The summed E-state index contributed by atoms with van der Waals surface area (Å²) in [4.78, 5) is 26.5. The van der Waals surface area contributed by atoms with Crippen molar-refractivity contribution in [3.63, 3.8) is 0 Å². The molecular formula is C21H28N2O4. The van der Waals surface area contributed by atoms with Crippen LogP contribution in [0.2, 0.25) is 0 Å². The van der Waals surface area contributed by atoms with Gasteiger partial charge in [0.25, 0.3) is 0 Å². The third-order valence-corrected chi connectivity index (χ3v) is 6.29. The molecule has 1 atom stereocenters. The largest absolute Gasteiger partial charge is 0.496 e. The van der Waals surface area contributed by atoms with E-state index in [4.69, 9.17) is 9.47 Å². The summed E-state index contributed by atoms with van der Waals surface area (Å²) in [5.74, 6) is 1.71. The number of nitrogens with zero attached hydrogens (tertiary/aromatic N) is 1. The number of hydrogen-bond donors (Lipinski definition) is 1. The number of rotatable bonds is 5. The zero-order chi connectivity index (χ0) is 18.9. The number of carbonyl (C=O) groups is 2. The van der Waals surface area contributed by atoms with Gasteiger partial charge in [-0.1, -0.05) is 18.9 Å². The molecule has 1 saturated heterocycles. The Labute approximate surface area is 160 Å². The van der Waals surface area contributed by atoms with Gasteiger partial charge < -0.3 is 14.8 Å². The number of likely N-dealkylation sites (tertiary alicyclic amines) is 1. The van der Waals surface area contributed by atoms with Crippen molar-refractivity contribution in [1.82, 2.24) is 10.2 Å². The van der Waals surface area contributed by atoms with Crippen LogP contribution >= 0.6 is 0 Å². The number of imide groups is 1. The standard InChI is InChI=1S/C21H28N2O4/c1-26-17-5-4-6-18-16(17)11-15(14-27-18)22-9-10-23-19(24)12-21(13-20(23)25)7-2-3-8-21/h4-6,15,22H,2-3,7-14H2,1H3. The van der Waals surface area contributed by atoms with Crippen molar-refractivity contribution in [2.24, 2.45) is 5.41 Å². The van der Waals surface area contributed by atoms with Crippen LogP contribution in [0.15, 0.2) is 18.2 Å². The number of amides is 2. The summed E-state index contributed by atoms with van der Waals surface area (Å²) in [6.07, 6.45) is 6.23. The first-order valence-corrected chi connectivity index (χ1v) is 9.95. The van der Waals surface area contributed by atoms with Crippen LogP contribution in [0.4, 0.5) is 0 Å². The van der Waals surface area contributed by atoms with Gasteiger partial charge in [-0.15, -0.1) is 0 Å². The van der Waals surface area contributed by atoms with Crippen molar-refractivity contribution in [2.45, 2.75) is 51.0 Å². The second kappa shape index (κ2) is 7.50. The molecule has 0 aromatic heterocycles. The van der Waals surface area contributed by atoms with Gasteiger partial charge in [0.05, 0.1) is 7.11 Å². The van der Waals surface area contributed by atoms with Crippen LogP contribution in [0.3, 0.4) is 0 Å². The highest BCUT2D eigenvalue weighted by Crippen LogP contribution is 2.46. The van der Waals surface area contributed by atoms with E-state index < -0.39 is 0 Å². The molecule has 1 aromatic rings. The van der Waals surface area contributed by atoms with Crippen molar-refractivity contribution >= 4 is 11.8 Å². The molecule has 2 fully saturated rings. The van der Waals surface area contributed by atoms with Crippen LogP contribution in [-0.4, -0.2) is 49.6 Å². The number of hydrogen-bond acceptors (Lipinski definition) is 5. The number of fused-ring (bicyclic) bond motifs is 1. The summed E-state index contributed by atoms with van der Waals surface area (Å²) in [5, 5.41) is 3.44. The molecule has 1 aromatic carbocycles. The van der Waals surface area contributed by atoms with Gasteiger partial charge in [-0.3, -0.25) is 14.5 Å². The number of benzene rings is 1. The molecule has 1 saturated carbocycles. The minimum atomic E-state index is -0.0322. The molecule has 1 unspecified atom stereocenters. The molecule has 3 aliphatic rings. The predicted molar refractivity (Wildman–Crippen MR) is 101 cm³/mol. The quantitative estimate of drug-likeness (QED) is 0.804. The molecular weight excluding hydrogens is 344 g/mol. The number of nitrogens with one attached hydrogen (secondary N) is 1. The summed E-state index contributed by atoms with van der Waals surface area (Å²) in [5.41, 5.74) is 1.03. The first kappa shape index (κ1) is 18.3. The van der Waals surface area contributed by atoms with Crippen molar-refractivity contribution in [3.8, 4) is 11.5 Å².